The summed E-state index contributed by atoms with van der Waals surface area (Å²) >= 11 is 8.30. The summed E-state index contributed by atoms with van der Waals surface area (Å²) in [5.74, 6) is 1.16. The van der Waals surface area contributed by atoms with Gasteiger partial charge in [0, 0.05) is 36.7 Å². The van der Waals surface area contributed by atoms with E-state index in [0.29, 0.717) is 11.6 Å². The van der Waals surface area contributed by atoms with Gasteiger partial charge in [0.15, 0.2) is 11.6 Å². The number of nitrogens with zero attached hydrogens (tertiary/aromatic N) is 3. The highest BCUT2D eigenvalue weighted by molar-refractivity contribution is 7.26. The Morgan fingerprint density at radius 3 is 2.03 bits per heavy atom. The molecule has 160 valence electrons. The average Bonchev–Trinajstić information content (AvgIpc) is 3.26. The molecule has 7 aromatic rings. The second-order valence-corrected chi connectivity index (χ2v) is 9.61. The maximum Gasteiger partial charge on any atom is 0.226 e. The van der Waals surface area contributed by atoms with Crippen molar-refractivity contribution in [3.63, 3.8) is 0 Å². The van der Waals surface area contributed by atoms with Gasteiger partial charge < -0.3 is 0 Å². The van der Waals surface area contributed by atoms with Gasteiger partial charge in [0.25, 0.3) is 0 Å². The van der Waals surface area contributed by atoms with Crippen molar-refractivity contribution in [2.24, 2.45) is 0 Å². The number of hydrogen-bond donors (Lipinski definition) is 0. The molecule has 2 heterocycles. The number of rotatable bonds is 2. The summed E-state index contributed by atoms with van der Waals surface area (Å²) in [6.07, 6.45) is 0. The third-order valence-electron chi connectivity index (χ3n) is 6.26. The predicted octanol–water partition coefficient (Wildman–Crippen LogP) is 8.53. The zero-order chi connectivity index (χ0) is 22.6. The molecule has 7 rings (SSSR count). The minimum absolute atomic E-state index is 0.187. The third-order valence-corrected chi connectivity index (χ3v) is 7.65. The maximum atomic E-state index is 6.48. The molecule has 0 bridgehead atoms. The van der Waals surface area contributed by atoms with Crippen LogP contribution in [0.25, 0.3) is 64.5 Å². The molecule has 0 fully saturated rings. The van der Waals surface area contributed by atoms with E-state index in [2.05, 4.69) is 82.8 Å². The van der Waals surface area contributed by atoms with Crippen molar-refractivity contribution in [1.82, 2.24) is 15.0 Å². The first-order valence-corrected chi connectivity index (χ1v) is 12.2. The standard InChI is InChI=1S/C29H16ClN3S/c30-29-32-27(22-14-7-9-17-8-1-2-10-18(17)22)31-28(33-29)24-16-23-20-12-5-6-15-25(20)34-26(23)21-13-4-3-11-19(21)24/h1-16H. The Kier molecular flexibility index (Phi) is 4.37. The van der Waals surface area contributed by atoms with Crippen molar-refractivity contribution < 1.29 is 0 Å². The first-order chi connectivity index (χ1) is 16.8. The Bertz CT molecular complexity index is 1890. The fourth-order valence-corrected chi connectivity index (χ4v) is 6.12. The predicted molar refractivity (Wildman–Crippen MR) is 144 cm³/mol. The lowest BCUT2D eigenvalue weighted by Crippen LogP contribution is -1.98. The van der Waals surface area contributed by atoms with Crippen molar-refractivity contribution in [2.75, 3.05) is 0 Å². The molecule has 0 aliphatic carbocycles. The van der Waals surface area contributed by atoms with Crippen molar-refractivity contribution in [3.8, 4) is 22.8 Å². The van der Waals surface area contributed by atoms with Gasteiger partial charge in [-0.1, -0.05) is 84.9 Å². The van der Waals surface area contributed by atoms with Crippen molar-refractivity contribution in [2.45, 2.75) is 0 Å². The van der Waals surface area contributed by atoms with Gasteiger partial charge in [-0.25, -0.2) is 4.98 Å². The summed E-state index contributed by atoms with van der Waals surface area (Å²) in [5.41, 5.74) is 1.90. The zero-order valence-electron chi connectivity index (χ0n) is 17.9. The largest absolute Gasteiger partial charge is 0.226 e. The Hall–Kier alpha value is -3.86. The molecular weight excluding hydrogens is 458 g/mol. The minimum Gasteiger partial charge on any atom is -0.208 e. The van der Waals surface area contributed by atoms with Crippen LogP contribution in [0.1, 0.15) is 0 Å². The summed E-state index contributed by atoms with van der Waals surface area (Å²) in [4.78, 5) is 14.0. The van der Waals surface area contributed by atoms with Crippen molar-refractivity contribution in [1.29, 1.82) is 0 Å². The number of aromatic nitrogens is 3. The van der Waals surface area contributed by atoms with Gasteiger partial charge in [0.1, 0.15) is 0 Å². The van der Waals surface area contributed by atoms with Crippen LogP contribution in [0.3, 0.4) is 0 Å². The highest BCUT2D eigenvalue weighted by atomic mass is 35.5. The Labute approximate surface area is 204 Å². The second kappa shape index (κ2) is 7.59. The zero-order valence-corrected chi connectivity index (χ0v) is 19.4. The van der Waals surface area contributed by atoms with Gasteiger partial charge in [-0.05, 0) is 39.9 Å². The summed E-state index contributed by atoms with van der Waals surface area (Å²) < 4.78 is 2.54. The summed E-state index contributed by atoms with van der Waals surface area (Å²) in [7, 11) is 0. The van der Waals surface area contributed by atoms with E-state index in [1.807, 2.05) is 35.6 Å². The number of benzene rings is 5. The van der Waals surface area contributed by atoms with Crippen LogP contribution in [-0.2, 0) is 0 Å². The van der Waals surface area contributed by atoms with E-state index >= 15 is 0 Å². The molecule has 0 aliphatic heterocycles. The summed E-state index contributed by atoms with van der Waals surface area (Å²) in [5, 5.41) is 7.15. The molecule has 2 aromatic heterocycles. The van der Waals surface area contributed by atoms with E-state index in [-0.39, 0.29) is 5.28 Å². The molecule has 0 atom stereocenters. The first-order valence-electron chi connectivity index (χ1n) is 11.0. The summed E-state index contributed by atoms with van der Waals surface area (Å²) in [6.45, 7) is 0. The Morgan fingerprint density at radius 1 is 0.529 bits per heavy atom. The third kappa shape index (κ3) is 3.00. The number of halogens is 1. The minimum atomic E-state index is 0.187. The molecule has 0 saturated carbocycles. The number of thiophene rings is 1. The molecule has 0 amide bonds. The van der Waals surface area contributed by atoms with Crippen LogP contribution in [-0.4, -0.2) is 15.0 Å². The van der Waals surface area contributed by atoms with Crippen molar-refractivity contribution >= 4 is 64.7 Å². The monoisotopic (exact) mass is 473 g/mol. The fourth-order valence-electron chi connectivity index (χ4n) is 4.74. The van der Waals surface area contributed by atoms with Crippen LogP contribution < -0.4 is 0 Å². The van der Waals surface area contributed by atoms with Gasteiger partial charge in [-0.3, -0.25) is 0 Å². The van der Waals surface area contributed by atoms with Gasteiger partial charge in [-0.15, -0.1) is 11.3 Å². The molecule has 0 spiro atoms. The molecular formula is C29H16ClN3S. The molecule has 3 nitrogen and oxygen atoms in total. The van der Waals surface area contributed by atoms with Crippen LogP contribution in [0, 0.1) is 0 Å². The molecule has 0 aliphatic rings. The average molecular weight is 474 g/mol. The van der Waals surface area contributed by atoms with Crippen LogP contribution in [0.5, 0.6) is 0 Å². The number of fused-ring (bicyclic) bond motifs is 6. The van der Waals surface area contributed by atoms with E-state index in [4.69, 9.17) is 16.6 Å². The number of hydrogen-bond acceptors (Lipinski definition) is 4. The fraction of sp³-hybridized carbons (Fsp3) is 0. The highest BCUT2D eigenvalue weighted by Crippen LogP contribution is 2.42. The Balaban J connectivity index is 1.55. The van der Waals surface area contributed by atoms with Gasteiger partial charge >= 0.3 is 0 Å². The van der Waals surface area contributed by atoms with Crippen molar-refractivity contribution in [3.05, 3.63) is 102 Å². The van der Waals surface area contributed by atoms with E-state index in [0.717, 1.165) is 27.3 Å². The molecule has 0 saturated heterocycles. The van der Waals surface area contributed by atoms with Gasteiger partial charge in [0.2, 0.25) is 5.28 Å². The quantitative estimate of drug-likeness (QED) is 0.252. The van der Waals surface area contributed by atoms with Crippen LogP contribution in [0.15, 0.2) is 97.1 Å². The molecule has 5 heteroatoms. The van der Waals surface area contributed by atoms with Gasteiger partial charge in [-0.2, -0.15) is 9.97 Å². The molecule has 0 radical (unpaired) electrons. The highest BCUT2D eigenvalue weighted by Gasteiger charge is 2.17. The van der Waals surface area contributed by atoms with Crippen LogP contribution in [0.4, 0.5) is 0 Å². The lowest BCUT2D eigenvalue weighted by Gasteiger charge is -2.10. The van der Waals surface area contributed by atoms with Crippen LogP contribution in [0.2, 0.25) is 5.28 Å². The Morgan fingerprint density at radius 2 is 1.18 bits per heavy atom. The molecule has 0 unspecified atom stereocenters. The topological polar surface area (TPSA) is 38.7 Å². The van der Waals surface area contributed by atoms with E-state index in [1.165, 1.54) is 25.6 Å². The van der Waals surface area contributed by atoms with Crippen LogP contribution >= 0.6 is 22.9 Å². The summed E-state index contributed by atoms with van der Waals surface area (Å²) in [6, 6.07) is 33.5. The second-order valence-electron chi connectivity index (χ2n) is 8.22. The van der Waals surface area contributed by atoms with Gasteiger partial charge in [0.05, 0.1) is 0 Å². The van der Waals surface area contributed by atoms with E-state index in [1.54, 1.807) is 0 Å². The van der Waals surface area contributed by atoms with E-state index < -0.39 is 0 Å². The SMILES string of the molecule is Clc1nc(-c2cccc3ccccc23)nc(-c2cc3c4ccccc4sc3c3ccccc23)n1. The normalized spacial score (nSPS) is 11.7. The smallest absolute Gasteiger partial charge is 0.208 e. The lowest BCUT2D eigenvalue weighted by molar-refractivity contribution is 1.07. The molecule has 34 heavy (non-hydrogen) atoms. The molecule has 5 aromatic carbocycles. The lowest BCUT2D eigenvalue weighted by atomic mass is 10.00. The first kappa shape index (κ1) is 19.6. The maximum absolute atomic E-state index is 6.48. The van der Waals surface area contributed by atoms with E-state index in [9.17, 15) is 0 Å². The molecule has 0 N–H and O–H groups in total.